The van der Waals surface area contributed by atoms with E-state index in [4.69, 9.17) is 11.6 Å². The van der Waals surface area contributed by atoms with E-state index in [-0.39, 0.29) is 0 Å². The fourth-order valence-electron chi connectivity index (χ4n) is 1.34. The third-order valence-corrected chi connectivity index (χ3v) is 2.28. The molecule has 6 heteroatoms. The Bertz CT molecular complexity index is 512. The maximum atomic E-state index is 13.1. The largest absolute Gasteiger partial charge is 0.373 e. The van der Waals surface area contributed by atoms with Crippen molar-refractivity contribution in [3.05, 3.63) is 41.4 Å². The molecule has 1 aromatic heterocycles. The number of hydrogen-bond acceptors (Lipinski definition) is 4. The summed E-state index contributed by atoms with van der Waals surface area (Å²) in [7, 11) is 1.76. The van der Waals surface area contributed by atoms with E-state index < -0.39 is 5.82 Å². The molecule has 0 bridgehead atoms. The minimum Gasteiger partial charge on any atom is -0.373 e. The van der Waals surface area contributed by atoms with Gasteiger partial charge in [-0.25, -0.2) is 14.4 Å². The zero-order valence-corrected chi connectivity index (χ0v) is 9.79. The Labute approximate surface area is 103 Å². The molecule has 88 valence electrons. The van der Waals surface area contributed by atoms with Crippen molar-refractivity contribution in [1.29, 1.82) is 0 Å². The first-order chi connectivity index (χ1) is 8.17. The highest BCUT2D eigenvalue weighted by Gasteiger charge is 2.01. The van der Waals surface area contributed by atoms with Crippen LogP contribution in [0.3, 0.4) is 0 Å². The molecule has 0 unspecified atom stereocenters. The van der Waals surface area contributed by atoms with Crippen molar-refractivity contribution >= 4 is 28.9 Å². The van der Waals surface area contributed by atoms with E-state index in [1.807, 2.05) is 0 Å². The number of rotatable bonds is 3. The number of anilines is 3. The smallest absolute Gasteiger partial charge is 0.135 e. The van der Waals surface area contributed by atoms with Gasteiger partial charge in [0.1, 0.15) is 23.8 Å². The summed E-state index contributed by atoms with van der Waals surface area (Å²) < 4.78 is 13.1. The highest BCUT2D eigenvalue weighted by Crippen LogP contribution is 2.21. The van der Waals surface area contributed by atoms with Gasteiger partial charge in [0.25, 0.3) is 0 Å². The van der Waals surface area contributed by atoms with Gasteiger partial charge in [-0.3, -0.25) is 0 Å². The molecule has 0 aliphatic rings. The van der Waals surface area contributed by atoms with Crippen LogP contribution in [0.15, 0.2) is 30.6 Å². The fourth-order valence-corrected chi connectivity index (χ4v) is 1.56. The molecule has 1 aromatic carbocycles. The molecule has 0 spiro atoms. The van der Waals surface area contributed by atoms with E-state index in [0.717, 1.165) is 0 Å². The number of hydrogen-bond donors (Lipinski definition) is 2. The maximum Gasteiger partial charge on any atom is 0.135 e. The van der Waals surface area contributed by atoms with Crippen molar-refractivity contribution in [2.24, 2.45) is 0 Å². The molecular formula is C11H10ClFN4. The minimum absolute atomic E-state index is 0.329. The van der Waals surface area contributed by atoms with Gasteiger partial charge in [0, 0.05) is 23.8 Å². The third kappa shape index (κ3) is 3.04. The lowest BCUT2D eigenvalue weighted by molar-refractivity contribution is 0.628. The van der Waals surface area contributed by atoms with E-state index in [1.54, 1.807) is 19.2 Å². The molecule has 0 aliphatic heterocycles. The standard InChI is InChI=1S/C11H10ClFN4/c1-14-10-5-11(16-6-15-10)17-9-3-7(12)2-8(13)4-9/h2-6H,1H3,(H2,14,15,16,17). The van der Waals surface area contributed by atoms with Gasteiger partial charge >= 0.3 is 0 Å². The Morgan fingerprint density at radius 1 is 1.12 bits per heavy atom. The van der Waals surface area contributed by atoms with Crippen LogP contribution in [-0.4, -0.2) is 17.0 Å². The SMILES string of the molecule is CNc1cc(Nc2cc(F)cc(Cl)c2)ncn1. The highest BCUT2D eigenvalue weighted by atomic mass is 35.5. The first-order valence-electron chi connectivity index (χ1n) is 4.90. The Kier molecular flexibility index (Phi) is 3.39. The predicted octanol–water partition coefficient (Wildman–Crippen LogP) is 3.05. The fraction of sp³-hybridized carbons (Fsp3) is 0.0909. The summed E-state index contributed by atoms with van der Waals surface area (Å²) in [6.45, 7) is 0. The van der Waals surface area contributed by atoms with Crippen LogP contribution in [0.1, 0.15) is 0 Å². The van der Waals surface area contributed by atoms with E-state index in [1.165, 1.54) is 18.5 Å². The van der Waals surface area contributed by atoms with Crippen LogP contribution >= 0.6 is 11.6 Å². The Hall–Kier alpha value is -1.88. The second-order valence-electron chi connectivity index (χ2n) is 3.32. The van der Waals surface area contributed by atoms with Crippen molar-refractivity contribution < 1.29 is 4.39 Å². The monoisotopic (exact) mass is 252 g/mol. The number of nitrogens with one attached hydrogen (secondary N) is 2. The third-order valence-electron chi connectivity index (χ3n) is 2.06. The lowest BCUT2D eigenvalue weighted by atomic mass is 10.3. The lowest BCUT2D eigenvalue weighted by Gasteiger charge is -2.07. The van der Waals surface area contributed by atoms with Gasteiger partial charge in [0.15, 0.2) is 0 Å². The van der Waals surface area contributed by atoms with Crippen LogP contribution in [-0.2, 0) is 0 Å². The van der Waals surface area contributed by atoms with Crippen LogP contribution in [0.5, 0.6) is 0 Å². The zero-order chi connectivity index (χ0) is 12.3. The van der Waals surface area contributed by atoms with Crippen molar-refractivity contribution in [2.45, 2.75) is 0 Å². The summed E-state index contributed by atoms with van der Waals surface area (Å²) in [4.78, 5) is 7.99. The molecule has 0 atom stereocenters. The maximum absolute atomic E-state index is 13.1. The average molecular weight is 253 g/mol. The Balaban J connectivity index is 2.24. The summed E-state index contributed by atoms with van der Waals surface area (Å²) in [6.07, 6.45) is 1.41. The average Bonchev–Trinajstić information content (AvgIpc) is 2.28. The molecule has 0 amide bonds. The summed E-state index contributed by atoms with van der Waals surface area (Å²) >= 11 is 5.75. The summed E-state index contributed by atoms with van der Waals surface area (Å²) in [6, 6.07) is 5.91. The van der Waals surface area contributed by atoms with Gasteiger partial charge in [-0.15, -0.1) is 0 Å². The molecule has 2 rings (SSSR count). The topological polar surface area (TPSA) is 49.8 Å². The molecule has 0 radical (unpaired) electrons. The molecule has 4 nitrogen and oxygen atoms in total. The van der Waals surface area contributed by atoms with Crippen LogP contribution in [0.2, 0.25) is 5.02 Å². The van der Waals surface area contributed by atoms with Crippen molar-refractivity contribution in [2.75, 3.05) is 17.7 Å². The molecule has 0 aliphatic carbocycles. The predicted molar refractivity (Wildman–Crippen MR) is 66.3 cm³/mol. The van der Waals surface area contributed by atoms with E-state index in [0.29, 0.717) is 22.3 Å². The van der Waals surface area contributed by atoms with Crippen LogP contribution in [0.4, 0.5) is 21.7 Å². The number of nitrogens with zero attached hydrogens (tertiary/aromatic N) is 2. The molecule has 0 saturated heterocycles. The molecule has 0 fully saturated rings. The Morgan fingerprint density at radius 3 is 2.59 bits per heavy atom. The zero-order valence-electron chi connectivity index (χ0n) is 9.04. The first-order valence-corrected chi connectivity index (χ1v) is 5.28. The van der Waals surface area contributed by atoms with Crippen LogP contribution < -0.4 is 10.6 Å². The summed E-state index contributed by atoms with van der Waals surface area (Å²) in [5, 5.41) is 6.16. The van der Waals surface area contributed by atoms with Gasteiger partial charge in [0.05, 0.1) is 0 Å². The quantitative estimate of drug-likeness (QED) is 0.882. The van der Waals surface area contributed by atoms with E-state index in [9.17, 15) is 4.39 Å². The number of aromatic nitrogens is 2. The molecule has 2 aromatic rings. The lowest BCUT2D eigenvalue weighted by Crippen LogP contribution is -1.98. The highest BCUT2D eigenvalue weighted by molar-refractivity contribution is 6.30. The number of halogens is 2. The minimum atomic E-state index is -0.400. The second kappa shape index (κ2) is 4.97. The molecule has 0 saturated carbocycles. The second-order valence-corrected chi connectivity index (χ2v) is 3.76. The van der Waals surface area contributed by atoms with Crippen LogP contribution in [0.25, 0.3) is 0 Å². The van der Waals surface area contributed by atoms with Crippen molar-refractivity contribution in [3.8, 4) is 0 Å². The van der Waals surface area contributed by atoms with Gasteiger partial charge in [0.2, 0.25) is 0 Å². The first kappa shape index (κ1) is 11.6. The Morgan fingerprint density at radius 2 is 1.88 bits per heavy atom. The van der Waals surface area contributed by atoms with Crippen molar-refractivity contribution in [3.63, 3.8) is 0 Å². The molecule has 2 N–H and O–H groups in total. The van der Waals surface area contributed by atoms with Gasteiger partial charge in [-0.1, -0.05) is 11.6 Å². The summed E-state index contributed by atoms with van der Waals surface area (Å²) in [5.74, 6) is 0.832. The van der Waals surface area contributed by atoms with Gasteiger partial charge < -0.3 is 10.6 Å². The van der Waals surface area contributed by atoms with Crippen LogP contribution in [0, 0.1) is 5.82 Å². The normalized spacial score (nSPS) is 10.1. The van der Waals surface area contributed by atoms with Gasteiger partial charge in [-0.2, -0.15) is 0 Å². The molecule has 17 heavy (non-hydrogen) atoms. The van der Waals surface area contributed by atoms with Gasteiger partial charge in [-0.05, 0) is 18.2 Å². The molecular weight excluding hydrogens is 243 g/mol. The number of benzene rings is 1. The summed E-state index contributed by atoms with van der Waals surface area (Å²) in [5.41, 5.74) is 0.538. The van der Waals surface area contributed by atoms with E-state index >= 15 is 0 Å². The van der Waals surface area contributed by atoms with E-state index in [2.05, 4.69) is 20.6 Å². The molecule has 1 heterocycles. The van der Waals surface area contributed by atoms with Crippen molar-refractivity contribution in [1.82, 2.24) is 9.97 Å².